The first-order chi connectivity index (χ1) is 12.6. The van der Waals surface area contributed by atoms with Gasteiger partial charge in [0.25, 0.3) is 11.8 Å². The molecule has 0 spiro atoms. The summed E-state index contributed by atoms with van der Waals surface area (Å²) in [6.07, 6.45) is 1.80. The van der Waals surface area contributed by atoms with Crippen molar-refractivity contribution in [3.63, 3.8) is 0 Å². The molecule has 26 heavy (non-hydrogen) atoms. The highest BCUT2D eigenvalue weighted by Gasteiger charge is 2.24. The highest BCUT2D eigenvalue weighted by Crippen LogP contribution is 2.13. The third-order valence-corrected chi connectivity index (χ3v) is 5.74. The second-order valence-electron chi connectivity index (χ2n) is 6.16. The quantitative estimate of drug-likeness (QED) is 0.793. The van der Waals surface area contributed by atoms with Gasteiger partial charge in [0.15, 0.2) is 0 Å². The van der Waals surface area contributed by atoms with Gasteiger partial charge >= 0.3 is 0 Å². The van der Waals surface area contributed by atoms with Crippen LogP contribution in [0.15, 0.2) is 33.7 Å². The summed E-state index contributed by atoms with van der Waals surface area (Å²) < 4.78 is 0. The number of piperidine rings is 1. The van der Waals surface area contributed by atoms with Gasteiger partial charge in [-0.2, -0.15) is 22.7 Å². The standard InChI is InChI=1S/C18H21N3O3S2/c22-16(1-6-19-17(23)13-4-9-25-11-13)21-7-2-15(3-8-21)20-18(24)14-5-10-26-12-14/h4-5,9-12,15H,1-3,6-8H2,(H,19,23)(H,20,24). The lowest BCUT2D eigenvalue weighted by molar-refractivity contribution is -0.132. The summed E-state index contributed by atoms with van der Waals surface area (Å²) in [5, 5.41) is 13.1. The summed E-state index contributed by atoms with van der Waals surface area (Å²) in [4.78, 5) is 38.0. The lowest BCUT2D eigenvalue weighted by Crippen LogP contribution is -2.47. The van der Waals surface area contributed by atoms with Crippen molar-refractivity contribution >= 4 is 40.4 Å². The molecule has 0 saturated carbocycles. The maximum absolute atomic E-state index is 12.3. The van der Waals surface area contributed by atoms with Crippen LogP contribution in [0.5, 0.6) is 0 Å². The number of hydrogen-bond donors (Lipinski definition) is 2. The first-order valence-electron chi connectivity index (χ1n) is 8.54. The van der Waals surface area contributed by atoms with Gasteiger partial charge in [0, 0.05) is 54.0 Å². The third kappa shape index (κ3) is 4.92. The Balaban J connectivity index is 1.35. The van der Waals surface area contributed by atoms with E-state index in [0.29, 0.717) is 37.2 Å². The van der Waals surface area contributed by atoms with E-state index in [1.807, 2.05) is 27.1 Å². The smallest absolute Gasteiger partial charge is 0.252 e. The molecule has 6 nitrogen and oxygen atoms in total. The molecule has 1 saturated heterocycles. The van der Waals surface area contributed by atoms with E-state index in [4.69, 9.17) is 0 Å². The third-order valence-electron chi connectivity index (χ3n) is 4.37. The zero-order chi connectivity index (χ0) is 18.4. The van der Waals surface area contributed by atoms with E-state index in [1.54, 1.807) is 11.4 Å². The van der Waals surface area contributed by atoms with Gasteiger partial charge in [-0.3, -0.25) is 14.4 Å². The summed E-state index contributed by atoms with van der Waals surface area (Å²) in [5.41, 5.74) is 1.32. The summed E-state index contributed by atoms with van der Waals surface area (Å²) in [6.45, 7) is 1.60. The molecule has 1 aliphatic heterocycles. The number of carbonyl (C=O) groups is 3. The number of nitrogens with zero attached hydrogens (tertiary/aromatic N) is 1. The first-order valence-corrected chi connectivity index (χ1v) is 10.4. The average molecular weight is 392 g/mol. The van der Waals surface area contributed by atoms with E-state index in [1.165, 1.54) is 22.7 Å². The Labute approximate surface area is 160 Å². The zero-order valence-electron chi connectivity index (χ0n) is 14.3. The van der Waals surface area contributed by atoms with Crippen LogP contribution >= 0.6 is 22.7 Å². The monoisotopic (exact) mass is 391 g/mol. The van der Waals surface area contributed by atoms with E-state index in [9.17, 15) is 14.4 Å². The van der Waals surface area contributed by atoms with E-state index < -0.39 is 0 Å². The van der Waals surface area contributed by atoms with Gasteiger partial charge in [0.2, 0.25) is 5.91 Å². The van der Waals surface area contributed by atoms with Crippen molar-refractivity contribution in [3.05, 3.63) is 44.8 Å². The number of amides is 3. The maximum Gasteiger partial charge on any atom is 0.252 e. The van der Waals surface area contributed by atoms with E-state index in [2.05, 4.69) is 10.6 Å². The van der Waals surface area contributed by atoms with Crippen LogP contribution in [0.1, 0.15) is 40.0 Å². The highest BCUT2D eigenvalue weighted by molar-refractivity contribution is 7.08. The molecule has 2 N–H and O–H groups in total. The summed E-state index contributed by atoms with van der Waals surface area (Å²) in [6, 6.07) is 3.67. The van der Waals surface area contributed by atoms with Gasteiger partial charge in [0.05, 0.1) is 0 Å². The van der Waals surface area contributed by atoms with Crippen molar-refractivity contribution in [2.45, 2.75) is 25.3 Å². The van der Waals surface area contributed by atoms with Crippen molar-refractivity contribution in [1.82, 2.24) is 15.5 Å². The zero-order valence-corrected chi connectivity index (χ0v) is 15.9. The predicted molar refractivity (Wildman–Crippen MR) is 103 cm³/mol. The van der Waals surface area contributed by atoms with Crippen LogP contribution in [0, 0.1) is 0 Å². The molecule has 2 aromatic rings. The number of rotatable bonds is 6. The topological polar surface area (TPSA) is 78.5 Å². The molecule has 1 fully saturated rings. The minimum absolute atomic E-state index is 0.0400. The summed E-state index contributed by atoms with van der Waals surface area (Å²) >= 11 is 2.97. The molecule has 8 heteroatoms. The Morgan fingerprint density at radius 2 is 1.62 bits per heavy atom. The van der Waals surface area contributed by atoms with Gasteiger partial charge < -0.3 is 15.5 Å². The Morgan fingerprint density at radius 1 is 1.00 bits per heavy atom. The van der Waals surface area contributed by atoms with E-state index >= 15 is 0 Å². The minimum atomic E-state index is -0.145. The fourth-order valence-electron chi connectivity index (χ4n) is 2.87. The van der Waals surface area contributed by atoms with Gasteiger partial charge in [-0.1, -0.05) is 0 Å². The van der Waals surface area contributed by atoms with Crippen LogP contribution in [0.2, 0.25) is 0 Å². The van der Waals surface area contributed by atoms with Crippen molar-refractivity contribution in [3.8, 4) is 0 Å². The largest absolute Gasteiger partial charge is 0.351 e. The highest BCUT2D eigenvalue weighted by atomic mass is 32.1. The molecule has 0 atom stereocenters. The summed E-state index contributed by atoms with van der Waals surface area (Å²) in [7, 11) is 0. The fraction of sp³-hybridized carbons (Fsp3) is 0.389. The number of carbonyl (C=O) groups excluding carboxylic acids is 3. The van der Waals surface area contributed by atoms with Gasteiger partial charge in [0.1, 0.15) is 0 Å². The number of thiophene rings is 2. The Bertz CT molecular complexity index is 736. The molecule has 0 unspecified atom stereocenters. The first kappa shape index (κ1) is 18.6. The fourth-order valence-corrected chi connectivity index (χ4v) is 4.14. The number of likely N-dealkylation sites (tertiary alicyclic amines) is 1. The normalized spacial score (nSPS) is 14.8. The second kappa shape index (κ2) is 8.95. The maximum atomic E-state index is 12.3. The molecule has 1 aliphatic rings. The predicted octanol–water partition coefficient (Wildman–Crippen LogP) is 2.35. The molecule has 0 aromatic carbocycles. The van der Waals surface area contributed by atoms with Crippen LogP contribution in [0.25, 0.3) is 0 Å². The second-order valence-corrected chi connectivity index (χ2v) is 7.72. The molecule has 3 rings (SSSR count). The van der Waals surface area contributed by atoms with Gasteiger partial charge in [-0.05, 0) is 35.7 Å². The lowest BCUT2D eigenvalue weighted by Gasteiger charge is -2.32. The summed E-state index contributed by atoms with van der Waals surface area (Å²) in [5.74, 6) is -0.153. The van der Waals surface area contributed by atoms with Crippen molar-refractivity contribution in [1.29, 1.82) is 0 Å². The van der Waals surface area contributed by atoms with Crippen LogP contribution in [-0.2, 0) is 4.79 Å². The van der Waals surface area contributed by atoms with Crippen LogP contribution < -0.4 is 10.6 Å². The Kier molecular flexibility index (Phi) is 6.40. The number of hydrogen-bond acceptors (Lipinski definition) is 5. The molecule has 3 heterocycles. The average Bonchev–Trinajstić information content (AvgIpc) is 3.36. The van der Waals surface area contributed by atoms with Crippen molar-refractivity contribution < 1.29 is 14.4 Å². The Morgan fingerprint density at radius 3 is 2.19 bits per heavy atom. The van der Waals surface area contributed by atoms with Gasteiger partial charge in [-0.25, -0.2) is 0 Å². The molecule has 138 valence electrons. The van der Waals surface area contributed by atoms with Crippen molar-refractivity contribution in [2.24, 2.45) is 0 Å². The molecular weight excluding hydrogens is 370 g/mol. The van der Waals surface area contributed by atoms with Crippen LogP contribution in [0.4, 0.5) is 0 Å². The SMILES string of the molecule is O=C(NCCC(=O)N1CCC(NC(=O)c2ccsc2)CC1)c1ccsc1. The minimum Gasteiger partial charge on any atom is -0.351 e. The molecule has 3 amide bonds. The van der Waals surface area contributed by atoms with E-state index in [-0.39, 0.29) is 23.8 Å². The molecule has 0 radical (unpaired) electrons. The lowest BCUT2D eigenvalue weighted by atomic mass is 10.0. The number of nitrogens with one attached hydrogen (secondary N) is 2. The van der Waals surface area contributed by atoms with Crippen LogP contribution in [0.3, 0.4) is 0 Å². The van der Waals surface area contributed by atoms with Crippen LogP contribution in [-0.4, -0.2) is 48.3 Å². The molecular formula is C18H21N3O3S2. The van der Waals surface area contributed by atoms with Gasteiger partial charge in [-0.15, -0.1) is 0 Å². The molecule has 0 bridgehead atoms. The Hall–Kier alpha value is -2.19. The molecule has 0 aliphatic carbocycles. The van der Waals surface area contributed by atoms with E-state index in [0.717, 1.165) is 12.8 Å². The van der Waals surface area contributed by atoms with Crippen molar-refractivity contribution in [2.75, 3.05) is 19.6 Å². The molecule has 2 aromatic heterocycles.